The van der Waals surface area contributed by atoms with Crippen molar-refractivity contribution in [1.29, 1.82) is 0 Å². The van der Waals surface area contributed by atoms with Crippen LogP contribution < -0.4 is 15.0 Å². The summed E-state index contributed by atoms with van der Waals surface area (Å²) in [6.45, 7) is 6.42. The van der Waals surface area contributed by atoms with Crippen molar-refractivity contribution in [3.05, 3.63) is 11.9 Å². The fourth-order valence-corrected chi connectivity index (χ4v) is 2.85. The summed E-state index contributed by atoms with van der Waals surface area (Å²) in [5.41, 5.74) is -1.35. The number of anilines is 1. The number of amides is 1. The molecule has 0 spiro atoms. The largest absolute Gasteiger partial charge is 0.480 e. The van der Waals surface area contributed by atoms with Gasteiger partial charge in [0, 0.05) is 20.2 Å². The number of nitrogens with one attached hydrogen (secondary N) is 1. The lowest BCUT2D eigenvalue weighted by Gasteiger charge is -2.29. The van der Waals surface area contributed by atoms with Crippen LogP contribution in [0.15, 0.2) is 6.20 Å². The Morgan fingerprint density at radius 2 is 1.96 bits per heavy atom. The van der Waals surface area contributed by atoms with E-state index >= 15 is 0 Å². The first-order valence-corrected chi connectivity index (χ1v) is 9.34. The van der Waals surface area contributed by atoms with Gasteiger partial charge in [-0.1, -0.05) is 13.8 Å². The van der Waals surface area contributed by atoms with E-state index in [0.29, 0.717) is 38.7 Å². The molecule has 2 N–H and O–H groups in total. The summed E-state index contributed by atoms with van der Waals surface area (Å²) in [4.78, 5) is 34.9. The number of hydrogen-bond acceptors (Lipinski definition) is 8. The quantitative estimate of drug-likeness (QED) is 0.550. The Labute approximate surface area is 164 Å². The topological polar surface area (TPSA) is 123 Å². The molecule has 1 fully saturated rings. The molecule has 1 aromatic rings. The first kappa shape index (κ1) is 21.8. The number of hydrogen-bond donors (Lipinski definition) is 2. The molecule has 2 rings (SSSR count). The van der Waals surface area contributed by atoms with E-state index in [1.807, 2.05) is 4.90 Å². The summed E-state index contributed by atoms with van der Waals surface area (Å²) in [5, 5.41) is 12.1. The third-order valence-corrected chi connectivity index (χ3v) is 4.76. The number of carboxylic acid groups (broad SMARTS) is 1. The Morgan fingerprint density at radius 3 is 2.54 bits per heavy atom. The van der Waals surface area contributed by atoms with E-state index in [9.17, 15) is 14.7 Å². The van der Waals surface area contributed by atoms with Crippen molar-refractivity contribution in [3.8, 4) is 5.88 Å². The lowest BCUT2D eigenvalue weighted by atomic mass is 9.93. The minimum atomic E-state index is -1.35. The monoisotopic (exact) mass is 396 g/mol. The van der Waals surface area contributed by atoms with Gasteiger partial charge in [-0.15, -0.1) is 0 Å². The molecular weight excluding hydrogens is 368 g/mol. The normalized spacial score (nSPS) is 14.6. The maximum atomic E-state index is 12.7. The number of carbonyl (C=O) groups is 2. The lowest BCUT2D eigenvalue weighted by molar-refractivity contribution is -0.144. The van der Waals surface area contributed by atoms with Gasteiger partial charge in [0.05, 0.1) is 26.0 Å². The first-order valence-electron chi connectivity index (χ1n) is 9.34. The number of aliphatic carboxylic acids is 1. The molecule has 10 nitrogen and oxygen atoms in total. The van der Waals surface area contributed by atoms with E-state index in [2.05, 4.69) is 15.3 Å². The van der Waals surface area contributed by atoms with E-state index in [-0.39, 0.29) is 31.0 Å². The number of carboxylic acids is 1. The zero-order valence-corrected chi connectivity index (χ0v) is 16.6. The Morgan fingerprint density at radius 1 is 1.29 bits per heavy atom. The fourth-order valence-electron chi connectivity index (χ4n) is 2.85. The molecule has 0 unspecified atom stereocenters. The summed E-state index contributed by atoms with van der Waals surface area (Å²) in [6, 6.07) is 0. The fraction of sp³-hybridized carbons (Fsp3) is 0.667. The van der Waals surface area contributed by atoms with Gasteiger partial charge in [-0.3, -0.25) is 4.79 Å². The van der Waals surface area contributed by atoms with Crippen LogP contribution >= 0.6 is 0 Å². The van der Waals surface area contributed by atoms with E-state index < -0.39 is 17.4 Å². The van der Waals surface area contributed by atoms with Crippen LogP contribution in [0.4, 0.5) is 5.82 Å². The van der Waals surface area contributed by atoms with Gasteiger partial charge in [-0.2, -0.15) is 0 Å². The molecule has 0 radical (unpaired) electrons. The second-order valence-corrected chi connectivity index (χ2v) is 6.37. The number of aromatic nitrogens is 2. The highest BCUT2D eigenvalue weighted by Crippen LogP contribution is 2.25. The molecule has 0 saturated carbocycles. The molecule has 1 aliphatic rings. The van der Waals surface area contributed by atoms with Crippen molar-refractivity contribution in [2.75, 3.05) is 51.5 Å². The summed E-state index contributed by atoms with van der Waals surface area (Å²) >= 11 is 0. The Balaban J connectivity index is 2.27. The van der Waals surface area contributed by atoms with Crippen LogP contribution in [0.2, 0.25) is 0 Å². The molecule has 1 aliphatic heterocycles. The molecule has 28 heavy (non-hydrogen) atoms. The molecule has 1 amide bonds. The second kappa shape index (κ2) is 10.2. The standard InChI is InChI=1S/C18H28N4O6/c1-4-18(5-2,17(24)25)21-15(23)13-12-19-14(22-6-8-27-9-7-22)16(20-13)28-11-10-26-3/h12H,4-11H2,1-3H3,(H,21,23)(H,24,25). The van der Waals surface area contributed by atoms with Crippen molar-refractivity contribution in [1.82, 2.24) is 15.3 Å². The zero-order valence-electron chi connectivity index (χ0n) is 16.6. The minimum absolute atomic E-state index is 0.00282. The smallest absolute Gasteiger partial charge is 0.329 e. The molecule has 0 atom stereocenters. The van der Waals surface area contributed by atoms with Crippen molar-refractivity contribution < 1.29 is 28.9 Å². The van der Waals surface area contributed by atoms with Crippen LogP contribution in [0, 0.1) is 0 Å². The van der Waals surface area contributed by atoms with Gasteiger partial charge >= 0.3 is 5.97 Å². The summed E-state index contributed by atoms with van der Waals surface area (Å²) in [5.74, 6) is -0.962. The Kier molecular flexibility index (Phi) is 7.94. The van der Waals surface area contributed by atoms with Crippen molar-refractivity contribution >= 4 is 17.7 Å². The molecule has 10 heteroatoms. The number of methoxy groups -OCH3 is 1. The molecule has 2 heterocycles. The van der Waals surface area contributed by atoms with E-state index in [4.69, 9.17) is 14.2 Å². The molecule has 0 aliphatic carbocycles. The molecular formula is C18H28N4O6. The van der Waals surface area contributed by atoms with Gasteiger partial charge in [-0.25, -0.2) is 14.8 Å². The third kappa shape index (κ3) is 5.08. The molecule has 0 aromatic carbocycles. The van der Waals surface area contributed by atoms with Crippen LogP contribution in [0.3, 0.4) is 0 Å². The number of ether oxygens (including phenoxy) is 3. The maximum Gasteiger partial charge on any atom is 0.329 e. The highest BCUT2D eigenvalue weighted by atomic mass is 16.5. The summed E-state index contributed by atoms with van der Waals surface area (Å²) < 4.78 is 16.0. The number of carbonyl (C=O) groups excluding carboxylic acids is 1. The first-order chi connectivity index (χ1) is 13.5. The second-order valence-electron chi connectivity index (χ2n) is 6.37. The third-order valence-electron chi connectivity index (χ3n) is 4.76. The van der Waals surface area contributed by atoms with Crippen LogP contribution in [0.1, 0.15) is 37.2 Å². The van der Waals surface area contributed by atoms with Gasteiger partial charge < -0.3 is 29.5 Å². The predicted octanol–water partition coefficient (Wildman–Crippen LogP) is 0.712. The van der Waals surface area contributed by atoms with E-state index in [1.165, 1.54) is 6.20 Å². The number of nitrogens with zero attached hydrogens (tertiary/aromatic N) is 3. The highest BCUT2D eigenvalue weighted by Gasteiger charge is 2.37. The van der Waals surface area contributed by atoms with Crippen molar-refractivity contribution in [2.24, 2.45) is 0 Å². The molecule has 1 aromatic heterocycles. The van der Waals surface area contributed by atoms with E-state index in [0.717, 1.165) is 0 Å². The van der Waals surface area contributed by atoms with Crippen LogP contribution in [-0.4, -0.2) is 79.1 Å². The van der Waals surface area contributed by atoms with Gasteiger partial charge in [0.1, 0.15) is 12.1 Å². The van der Waals surface area contributed by atoms with Crippen molar-refractivity contribution in [2.45, 2.75) is 32.2 Å². The number of rotatable bonds is 10. The molecule has 156 valence electrons. The summed E-state index contributed by atoms with van der Waals surface area (Å²) in [6.07, 6.45) is 1.84. The van der Waals surface area contributed by atoms with Crippen LogP contribution in [0.25, 0.3) is 0 Å². The molecule has 1 saturated heterocycles. The summed E-state index contributed by atoms with van der Waals surface area (Å²) in [7, 11) is 1.56. The van der Waals surface area contributed by atoms with Crippen LogP contribution in [0.5, 0.6) is 5.88 Å². The van der Waals surface area contributed by atoms with Gasteiger partial charge in [0.25, 0.3) is 11.8 Å². The van der Waals surface area contributed by atoms with Crippen LogP contribution in [-0.2, 0) is 14.3 Å². The average Bonchev–Trinajstić information content (AvgIpc) is 2.72. The Bertz CT molecular complexity index is 674. The Hall–Kier alpha value is -2.46. The van der Waals surface area contributed by atoms with Gasteiger partial charge in [0.15, 0.2) is 11.5 Å². The minimum Gasteiger partial charge on any atom is -0.480 e. The van der Waals surface area contributed by atoms with Gasteiger partial charge in [0.2, 0.25) is 0 Å². The predicted molar refractivity (Wildman–Crippen MR) is 101 cm³/mol. The maximum absolute atomic E-state index is 12.7. The molecule has 0 bridgehead atoms. The highest BCUT2D eigenvalue weighted by molar-refractivity contribution is 5.96. The van der Waals surface area contributed by atoms with Gasteiger partial charge in [-0.05, 0) is 12.8 Å². The average molecular weight is 396 g/mol. The lowest BCUT2D eigenvalue weighted by Crippen LogP contribution is -2.53. The zero-order chi connectivity index (χ0) is 20.6. The van der Waals surface area contributed by atoms with Crippen molar-refractivity contribution in [3.63, 3.8) is 0 Å². The van der Waals surface area contributed by atoms with E-state index in [1.54, 1.807) is 21.0 Å². The number of morpholine rings is 1. The SMILES string of the molecule is CCC(CC)(NC(=O)c1cnc(N2CCOCC2)c(OCCOC)n1)C(=O)O.